The molecule has 0 aliphatic carbocycles. The molecular formula is C74H126O6. The van der Waals surface area contributed by atoms with Crippen molar-refractivity contribution in [2.45, 2.75) is 329 Å². The SMILES string of the molecule is CC/C=C\C/C=C\C/C=C\C/C=C\C/C=C\C/C=C\C/C=C\CCCCCC(=O)OCC(COC(=O)CCCCCCC/C=C\CCCCC)OC(=O)CCCCCCCCCCCCCCC/C=C\CCCCCCCCCC. The maximum absolute atomic E-state index is 12.9. The molecule has 458 valence electrons. The van der Waals surface area contributed by atoms with Crippen LogP contribution >= 0.6 is 0 Å². The van der Waals surface area contributed by atoms with E-state index in [1.54, 1.807) is 0 Å². The van der Waals surface area contributed by atoms with Crippen LogP contribution in [0, 0.1) is 0 Å². The summed E-state index contributed by atoms with van der Waals surface area (Å²) in [6.07, 6.45) is 92.5. The van der Waals surface area contributed by atoms with Crippen molar-refractivity contribution in [1.82, 2.24) is 0 Å². The van der Waals surface area contributed by atoms with E-state index in [4.69, 9.17) is 14.2 Å². The zero-order valence-corrected chi connectivity index (χ0v) is 52.6. The molecule has 6 heteroatoms. The van der Waals surface area contributed by atoms with E-state index in [-0.39, 0.29) is 31.1 Å². The Hall–Kier alpha value is -3.93. The van der Waals surface area contributed by atoms with Crippen LogP contribution in [0.3, 0.4) is 0 Å². The van der Waals surface area contributed by atoms with Crippen LogP contribution < -0.4 is 0 Å². The van der Waals surface area contributed by atoms with Gasteiger partial charge in [0.2, 0.25) is 0 Å². The molecule has 0 aliphatic rings. The van der Waals surface area contributed by atoms with Gasteiger partial charge < -0.3 is 14.2 Å². The van der Waals surface area contributed by atoms with Gasteiger partial charge in [-0.2, -0.15) is 0 Å². The molecule has 1 atom stereocenters. The first-order valence-corrected chi connectivity index (χ1v) is 33.9. The van der Waals surface area contributed by atoms with Crippen molar-refractivity contribution >= 4 is 17.9 Å². The van der Waals surface area contributed by atoms with Crippen molar-refractivity contribution < 1.29 is 28.6 Å². The molecule has 0 saturated carbocycles. The summed E-state index contributed by atoms with van der Waals surface area (Å²) in [6, 6.07) is 0. The minimum Gasteiger partial charge on any atom is -0.462 e. The molecule has 0 N–H and O–H groups in total. The maximum atomic E-state index is 12.9. The average molecular weight is 1110 g/mol. The molecule has 1 unspecified atom stereocenters. The number of rotatable bonds is 61. The Bertz CT molecular complexity index is 1610. The van der Waals surface area contributed by atoms with Crippen LogP contribution in [0.4, 0.5) is 0 Å². The summed E-state index contributed by atoms with van der Waals surface area (Å²) < 4.78 is 16.9. The third-order valence-corrected chi connectivity index (χ3v) is 14.5. The predicted molar refractivity (Wildman–Crippen MR) is 348 cm³/mol. The van der Waals surface area contributed by atoms with Gasteiger partial charge in [0.15, 0.2) is 6.10 Å². The van der Waals surface area contributed by atoms with E-state index in [1.807, 2.05) is 0 Å². The van der Waals surface area contributed by atoms with Crippen molar-refractivity contribution in [3.05, 3.63) is 109 Å². The molecule has 6 nitrogen and oxygen atoms in total. The molecule has 0 heterocycles. The van der Waals surface area contributed by atoms with Crippen molar-refractivity contribution in [2.75, 3.05) is 13.2 Å². The van der Waals surface area contributed by atoms with Crippen LogP contribution in [0.5, 0.6) is 0 Å². The Kier molecular flexibility index (Phi) is 64.3. The molecule has 80 heavy (non-hydrogen) atoms. The minimum atomic E-state index is -0.798. The van der Waals surface area contributed by atoms with E-state index in [0.717, 1.165) is 116 Å². The maximum Gasteiger partial charge on any atom is 0.306 e. The zero-order valence-electron chi connectivity index (χ0n) is 52.6. The van der Waals surface area contributed by atoms with E-state index < -0.39 is 6.10 Å². The van der Waals surface area contributed by atoms with Crippen LogP contribution in [0.25, 0.3) is 0 Å². The number of ether oxygens (including phenoxy) is 3. The summed E-state index contributed by atoms with van der Waals surface area (Å²) in [4.78, 5) is 38.3. The number of hydrogen-bond acceptors (Lipinski definition) is 6. The average Bonchev–Trinajstić information content (AvgIpc) is 3.46. The van der Waals surface area contributed by atoms with Gasteiger partial charge in [0.1, 0.15) is 13.2 Å². The number of carbonyl (C=O) groups excluding carboxylic acids is 3. The lowest BCUT2D eigenvalue weighted by molar-refractivity contribution is -0.167. The molecule has 0 aromatic carbocycles. The van der Waals surface area contributed by atoms with Gasteiger partial charge in [0.05, 0.1) is 0 Å². The second kappa shape index (κ2) is 67.6. The second-order valence-electron chi connectivity index (χ2n) is 22.3. The molecule has 0 fully saturated rings. The largest absolute Gasteiger partial charge is 0.462 e. The lowest BCUT2D eigenvalue weighted by Gasteiger charge is -2.18. The molecule has 0 aromatic rings. The van der Waals surface area contributed by atoms with E-state index in [2.05, 4.69) is 130 Å². The van der Waals surface area contributed by atoms with Gasteiger partial charge in [-0.25, -0.2) is 0 Å². The molecule has 0 aromatic heterocycles. The normalized spacial score (nSPS) is 12.8. The quantitative estimate of drug-likeness (QED) is 0.0261. The van der Waals surface area contributed by atoms with E-state index >= 15 is 0 Å². The van der Waals surface area contributed by atoms with Gasteiger partial charge in [0, 0.05) is 19.3 Å². The number of unbranched alkanes of at least 4 members (excludes halogenated alkanes) is 32. The Morgan fingerprint density at radius 1 is 0.263 bits per heavy atom. The summed E-state index contributed by atoms with van der Waals surface area (Å²) in [5, 5.41) is 0. The summed E-state index contributed by atoms with van der Waals surface area (Å²) in [5.41, 5.74) is 0. The first-order chi connectivity index (χ1) is 39.5. The fourth-order valence-corrected chi connectivity index (χ4v) is 9.41. The fraction of sp³-hybridized carbons (Fsp3) is 0.716. The minimum absolute atomic E-state index is 0.0928. The summed E-state index contributed by atoms with van der Waals surface area (Å²) in [5.74, 6) is -0.926. The Morgan fingerprint density at radius 2 is 0.487 bits per heavy atom. The smallest absolute Gasteiger partial charge is 0.306 e. The molecule has 0 aliphatic heterocycles. The van der Waals surface area contributed by atoms with Gasteiger partial charge in [-0.05, 0) is 128 Å². The first-order valence-electron chi connectivity index (χ1n) is 33.9. The zero-order chi connectivity index (χ0) is 57.8. The van der Waals surface area contributed by atoms with Gasteiger partial charge in [-0.15, -0.1) is 0 Å². The van der Waals surface area contributed by atoms with Crippen molar-refractivity contribution in [3.63, 3.8) is 0 Å². The van der Waals surface area contributed by atoms with Crippen molar-refractivity contribution in [1.29, 1.82) is 0 Å². The van der Waals surface area contributed by atoms with Crippen molar-refractivity contribution in [2.24, 2.45) is 0 Å². The molecular weight excluding hydrogens is 985 g/mol. The van der Waals surface area contributed by atoms with Crippen molar-refractivity contribution in [3.8, 4) is 0 Å². The summed E-state index contributed by atoms with van der Waals surface area (Å²) in [6.45, 7) is 6.49. The molecule has 0 amide bonds. The molecule has 0 bridgehead atoms. The fourth-order valence-electron chi connectivity index (χ4n) is 9.41. The van der Waals surface area contributed by atoms with Crippen LogP contribution in [-0.4, -0.2) is 37.2 Å². The third kappa shape index (κ3) is 64.9. The Labute approximate surface area is 495 Å². The molecule has 0 rings (SSSR count). The molecule has 0 spiro atoms. The Morgan fingerprint density at radius 3 is 0.812 bits per heavy atom. The first kappa shape index (κ1) is 76.1. The molecule has 0 radical (unpaired) electrons. The van der Waals surface area contributed by atoms with E-state index in [1.165, 1.54) is 167 Å². The summed E-state index contributed by atoms with van der Waals surface area (Å²) >= 11 is 0. The van der Waals surface area contributed by atoms with Gasteiger partial charge in [-0.1, -0.05) is 284 Å². The van der Waals surface area contributed by atoms with Crippen LogP contribution in [0.2, 0.25) is 0 Å². The van der Waals surface area contributed by atoms with Gasteiger partial charge >= 0.3 is 17.9 Å². The lowest BCUT2D eigenvalue weighted by atomic mass is 10.0. The van der Waals surface area contributed by atoms with Gasteiger partial charge in [0.25, 0.3) is 0 Å². The van der Waals surface area contributed by atoms with Crippen LogP contribution in [0.15, 0.2) is 109 Å². The van der Waals surface area contributed by atoms with E-state index in [9.17, 15) is 14.4 Å². The third-order valence-electron chi connectivity index (χ3n) is 14.5. The number of esters is 3. The predicted octanol–water partition coefficient (Wildman–Crippen LogP) is 23.4. The monoisotopic (exact) mass is 1110 g/mol. The van der Waals surface area contributed by atoms with Crippen LogP contribution in [0.1, 0.15) is 323 Å². The standard InChI is InChI=1S/C74H126O6/c1-4-7-10-13-16-19-22-25-27-29-31-33-35-37-39-41-43-45-47-49-52-55-58-61-64-67-73(76)79-70-71(69-78-72(75)66-63-60-57-54-51-24-21-18-15-12-9-6-3)80-74(77)68-65-62-59-56-53-50-48-46-44-42-40-38-36-34-32-30-28-26-23-20-17-14-11-8-5-2/h7,10,16,18-19,21,25,27,30-33,37,39,43,45,49,52,71H,4-6,8-9,11-15,17,20,22-24,26,28-29,34-36,38,40-42,44,46-48,50-51,53-70H2,1-3H3/b10-7-,19-16-,21-18-,27-25-,32-30-,33-31-,39-37-,45-43-,52-49-. The highest BCUT2D eigenvalue weighted by Crippen LogP contribution is 2.16. The Balaban J connectivity index is 4.35. The molecule has 0 saturated heterocycles. The second-order valence-corrected chi connectivity index (χ2v) is 22.3. The highest BCUT2D eigenvalue weighted by Gasteiger charge is 2.19. The topological polar surface area (TPSA) is 78.9 Å². The highest BCUT2D eigenvalue weighted by atomic mass is 16.6. The number of carbonyl (C=O) groups is 3. The highest BCUT2D eigenvalue weighted by molar-refractivity contribution is 5.71. The van der Waals surface area contributed by atoms with Gasteiger partial charge in [-0.3, -0.25) is 14.4 Å². The number of hydrogen-bond donors (Lipinski definition) is 0. The van der Waals surface area contributed by atoms with E-state index in [0.29, 0.717) is 19.3 Å². The lowest BCUT2D eigenvalue weighted by Crippen LogP contribution is -2.30. The number of allylic oxidation sites excluding steroid dienone is 18. The van der Waals surface area contributed by atoms with Crippen LogP contribution in [-0.2, 0) is 28.6 Å². The summed E-state index contributed by atoms with van der Waals surface area (Å²) in [7, 11) is 0.